The minimum atomic E-state index is -0.586. The number of primary amides is 1. The maximum absolute atomic E-state index is 12.7. The van der Waals surface area contributed by atoms with Gasteiger partial charge in [0.15, 0.2) is 0 Å². The molecule has 2 heterocycles. The van der Waals surface area contributed by atoms with Crippen LogP contribution in [0.4, 0.5) is 5.95 Å². The number of anilines is 1. The predicted molar refractivity (Wildman–Crippen MR) is 116 cm³/mol. The number of rotatable bonds is 10. The Hall–Kier alpha value is -3.40. The normalized spacial score (nSPS) is 11.3. The summed E-state index contributed by atoms with van der Waals surface area (Å²) in [7, 11) is 0. The van der Waals surface area contributed by atoms with Crippen molar-refractivity contribution in [2.24, 2.45) is 5.73 Å². The van der Waals surface area contributed by atoms with Gasteiger partial charge in [-0.3, -0.25) is 19.6 Å². The summed E-state index contributed by atoms with van der Waals surface area (Å²) in [5, 5.41) is 7.03. The number of nitrogens with zero attached hydrogens (tertiary/aromatic N) is 3. The highest BCUT2D eigenvalue weighted by molar-refractivity contribution is 6.03. The summed E-state index contributed by atoms with van der Waals surface area (Å²) in [5.41, 5.74) is 7.93. The van der Waals surface area contributed by atoms with Gasteiger partial charge in [-0.25, -0.2) is 4.98 Å². The summed E-state index contributed by atoms with van der Waals surface area (Å²) in [6.07, 6.45) is 0.824. The van der Waals surface area contributed by atoms with Gasteiger partial charge in [-0.2, -0.15) is 5.10 Å². The van der Waals surface area contributed by atoms with E-state index in [4.69, 9.17) is 15.2 Å². The summed E-state index contributed by atoms with van der Waals surface area (Å²) in [6.45, 7) is 9.18. The lowest BCUT2D eigenvalue weighted by atomic mass is 10.2. The van der Waals surface area contributed by atoms with Gasteiger partial charge in [0.25, 0.3) is 5.91 Å². The first-order valence-corrected chi connectivity index (χ1v) is 10.2. The second kappa shape index (κ2) is 9.61. The Kier molecular flexibility index (Phi) is 6.91. The first kappa shape index (κ1) is 22.3. The van der Waals surface area contributed by atoms with Gasteiger partial charge in [0.05, 0.1) is 30.5 Å². The molecule has 0 bridgehead atoms. The Bertz CT molecular complexity index is 1090. The minimum absolute atomic E-state index is 0.148. The molecule has 3 rings (SSSR count). The number of ether oxygens (including phenoxy) is 2. The van der Waals surface area contributed by atoms with E-state index in [1.165, 1.54) is 0 Å². The maximum Gasteiger partial charge on any atom is 0.276 e. The molecule has 166 valence electrons. The standard InChI is InChI=1S/C21H28N6O4/c1-5-27-16(9-13(4)26-27)20(29)25-21-23-15-10-14(19(22)28)11-17(18(15)24-21)31-8-6-7-30-12(2)3/h9-12H,5-8H2,1-4H3,(H2,22,28)(H2,23,24,25,29). The first-order valence-electron chi connectivity index (χ1n) is 10.2. The molecular weight excluding hydrogens is 400 g/mol. The average Bonchev–Trinajstić information content (AvgIpc) is 3.29. The van der Waals surface area contributed by atoms with Crippen molar-refractivity contribution in [1.29, 1.82) is 0 Å². The number of H-pyrrole nitrogens is 1. The second-order valence-electron chi connectivity index (χ2n) is 7.38. The van der Waals surface area contributed by atoms with Gasteiger partial charge >= 0.3 is 0 Å². The van der Waals surface area contributed by atoms with Crippen molar-refractivity contribution in [2.75, 3.05) is 18.5 Å². The molecule has 0 saturated carbocycles. The monoisotopic (exact) mass is 428 g/mol. The van der Waals surface area contributed by atoms with Crippen LogP contribution < -0.4 is 15.8 Å². The number of carbonyl (C=O) groups excluding carboxylic acids is 2. The quantitative estimate of drug-likeness (QED) is 0.425. The van der Waals surface area contributed by atoms with Crippen molar-refractivity contribution < 1.29 is 19.1 Å². The fourth-order valence-corrected chi connectivity index (χ4v) is 3.10. The van der Waals surface area contributed by atoms with Crippen molar-refractivity contribution in [3.8, 4) is 5.75 Å². The molecule has 0 spiro atoms. The van der Waals surface area contributed by atoms with Crippen molar-refractivity contribution >= 4 is 28.8 Å². The lowest BCUT2D eigenvalue weighted by molar-refractivity contribution is 0.0695. The number of fused-ring (bicyclic) bond motifs is 1. The van der Waals surface area contributed by atoms with E-state index in [1.807, 2.05) is 27.7 Å². The van der Waals surface area contributed by atoms with Crippen LogP contribution in [0.25, 0.3) is 11.0 Å². The van der Waals surface area contributed by atoms with Gasteiger partial charge in [-0.1, -0.05) is 0 Å². The molecule has 10 heteroatoms. The van der Waals surface area contributed by atoms with Gasteiger partial charge in [0, 0.05) is 18.5 Å². The zero-order valence-electron chi connectivity index (χ0n) is 18.2. The van der Waals surface area contributed by atoms with E-state index >= 15 is 0 Å². The molecule has 0 saturated heterocycles. The third kappa shape index (κ3) is 5.40. The van der Waals surface area contributed by atoms with E-state index in [9.17, 15) is 9.59 Å². The number of aryl methyl sites for hydroxylation is 2. The Balaban J connectivity index is 1.82. The molecular formula is C21H28N6O4. The molecule has 1 aromatic carbocycles. The molecule has 0 aliphatic rings. The Morgan fingerprint density at radius 3 is 2.71 bits per heavy atom. The van der Waals surface area contributed by atoms with Crippen LogP contribution in [0.15, 0.2) is 18.2 Å². The van der Waals surface area contributed by atoms with Crippen LogP contribution in [0, 0.1) is 6.92 Å². The lowest BCUT2D eigenvalue weighted by Gasteiger charge is -2.10. The summed E-state index contributed by atoms with van der Waals surface area (Å²) in [4.78, 5) is 31.9. The third-order valence-electron chi connectivity index (χ3n) is 4.50. The summed E-state index contributed by atoms with van der Waals surface area (Å²) in [6, 6.07) is 4.84. The van der Waals surface area contributed by atoms with Crippen LogP contribution >= 0.6 is 0 Å². The van der Waals surface area contributed by atoms with E-state index in [-0.39, 0.29) is 23.5 Å². The van der Waals surface area contributed by atoms with Gasteiger partial charge in [0.1, 0.15) is 17.0 Å². The van der Waals surface area contributed by atoms with E-state index in [2.05, 4.69) is 20.4 Å². The Morgan fingerprint density at radius 2 is 2.03 bits per heavy atom. The molecule has 2 aromatic heterocycles. The van der Waals surface area contributed by atoms with E-state index in [0.29, 0.717) is 48.7 Å². The highest BCUT2D eigenvalue weighted by atomic mass is 16.5. The number of hydrogen-bond acceptors (Lipinski definition) is 6. The molecule has 0 unspecified atom stereocenters. The van der Waals surface area contributed by atoms with Crippen LogP contribution in [0.1, 0.15) is 53.7 Å². The van der Waals surface area contributed by atoms with Crippen molar-refractivity contribution in [1.82, 2.24) is 19.7 Å². The number of nitrogens with two attached hydrogens (primary N) is 1. The SMILES string of the molecule is CCn1nc(C)cc1C(=O)Nc1nc2c(OCCCOC(C)C)cc(C(N)=O)cc2[nH]1. The smallest absolute Gasteiger partial charge is 0.276 e. The highest BCUT2D eigenvalue weighted by Gasteiger charge is 2.18. The predicted octanol–water partition coefficient (Wildman–Crippen LogP) is 2.63. The first-order chi connectivity index (χ1) is 14.8. The molecule has 0 fully saturated rings. The van der Waals surface area contributed by atoms with Crippen molar-refractivity contribution in [2.45, 2.75) is 46.8 Å². The van der Waals surface area contributed by atoms with Crippen LogP contribution in [0.3, 0.4) is 0 Å². The van der Waals surface area contributed by atoms with Gasteiger partial charge in [-0.15, -0.1) is 0 Å². The van der Waals surface area contributed by atoms with Crippen LogP contribution in [0.2, 0.25) is 0 Å². The van der Waals surface area contributed by atoms with E-state index < -0.39 is 5.91 Å². The third-order valence-corrected chi connectivity index (χ3v) is 4.50. The number of benzene rings is 1. The van der Waals surface area contributed by atoms with Gasteiger partial charge in [0.2, 0.25) is 11.9 Å². The molecule has 0 aliphatic carbocycles. The average molecular weight is 428 g/mol. The van der Waals surface area contributed by atoms with Crippen LogP contribution in [0.5, 0.6) is 5.75 Å². The molecule has 31 heavy (non-hydrogen) atoms. The number of aromatic nitrogens is 4. The lowest BCUT2D eigenvalue weighted by Crippen LogP contribution is -2.18. The Labute approximate surface area is 180 Å². The number of hydrogen-bond donors (Lipinski definition) is 3. The number of aromatic amines is 1. The zero-order valence-corrected chi connectivity index (χ0v) is 18.2. The zero-order chi connectivity index (χ0) is 22.5. The second-order valence-corrected chi connectivity index (χ2v) is 7.38. The van der Waals surface area contributed by atoms with Crippen LogP contribution in [-0.4, -0.2) is 50.9 Å². The summed E-state index contributed by atoms with van der Waals surface area (Å²) >= 11 is 0. The molecule has 0 atom stereocenters. The van der Waals surface area contributed by atoms with E-state index in [1.54, 1.807) is 22.9 Å². The molecule has 0 aliphatic heterocycles. The summed E-state index contributed by atoms with van der Waals surface area (Å²) < 4.78 is 13.0. The number of imidazole rings is 1. The number of nitrogens with one attached hydrogen (secondary N) is 2. The molecule has 10 nitrogen and oxygen atoms in total. The number of amides is 2. The molecule has 4 N–H and O–H groups in total. The topological polar surface area (TPSA) is 137 Å². The van der Waals surface area contributed by atoms with Crippen molar-refractivity contribution in [3.05, 3.63) is 35.2 Å². The fraction of sp³-hybridized carbons (Fsp3) is 0.429. The Morgan fingerprint density at radius 1 is 1.26 bits per heavy atom. The molecule has 3 aromatic rings. The highest BCUT2D eigenvalue weighted by Crippen LogP contribution is 2.28. The fourth-order valence-electron chi connectivity index (χ4n) is 3.10. The number of carbonyl (C=O) groups is 2. The largest absolute Gasteiger partial charge is 0.491 e. The van der Waals surface area contributed by atoms with Crippen molar-refractivity contribution in [3.63, 3.8) is 0 Å². The summed E-state index contributed by atoms with van der Waals surface area (Å²) in [5.74, 6) is -0.291. The molecule has 2 amide bonds. The van der Waals surface area contributed by atoms with Crippen LogP contribution in [-0.2, 0) is 11.3 Å². The van der Waals surface area contributed by atoms with Gasteiger partial charge in [-0.05, 0) is 45.9 Å². The van der Waals surface area contributed by atoms with E-state index in [0.717, 1.165) is 5.69 Å². The minimum Gasteiger partial charge on any atom is -0.491 e. The molecule has 0 radical (unpaired) electrons. The van der Waals surface area contributed by atoms with Gasteiger partial charge < -0.3 is 20.2 Å². The maximum atomic E-state index is 12.7.